The predicted molar refractivity (Wildman–Crippen MR) is 82.6 cm³/mol. The SMILES string of the molecule is CC.CC.CC.CC.CC(=O)C1CCCCC1. The maximum atomic E-state index is 10.8. The van der Waals surface area contributed by atoms with Crippen molar-refractivity contribution >= 4 is 5.78 Å². The van der Waals surface area contributed by atoms with Crippen molar-refractivity contribution in [2.75, 3.05) is 0 Å². The summed E-state index contributed by atoms with van der Waals surface area (Å²) in [6.07, 6.45) is 6.17. The average molecular weight is 246 g/mol. The van der Waals surface area contributed by atoms with Gasteiger partial charge < -0.3 is 0 Å². The Labute approximate surface area is 111 Å². The first-order valence-corrected chi connectivity index (χ1v) is 7.81. The van der Waals surface area contributed by atoms with Crippen molar-refractivity contribution in [1.82, 2.24) is 0 Å². The molecular formula is C16H38O. The molecule has 0 aromatic rings. The van der Waals surface area contributed by atoms with Crippen molar-refractivity contribution < 1.29 is 4.79 Å². The van der Waals surface area contributed by atoms with E-state index in [9.17, 15) is 4.79 Å². The largest absolute Gasteiger partial charge is 0.300 e. The molecule has 0 saturated heterocycles. The molecule has 0 radical (unpaired) electrons. The Bertz CT molecular complexity index is 102. The third-order valence-corrected chi connectivity index (χ3v) is 2.18. The molecule has 0 aliphatic heterocycles. The second-order valence-electron chi connectivity index (χ2n) is 2.95. The standard InChI is InChI=1S/C8H14O.4C2H6/c1-7(9)8-5-3-2-4-6-8;4*1-2/h8H,2-6H2,1H3;4*1-2H3. The van der Waals surface area contributed by atoms with Gasteiger partial charge in [-0.25, -0.2) is 0 Å². The van der Waals surface area contributed by atoms with Crippen LogP contribution in [0.25, 0.3) is 0 Å². The van der Waals surface area contributed by atoms with Gasteiger partial charge in [0.15, 0.2) is 0 Å². The van der Waals surface area contributed by atoms with Crippen molar-refractivity contribution in [3.05, 3.63) is 0 Å². The van der Waals surface area contributed by atoms with Gasteiger partial charge in [-0.05, 0) is 19.8 Å². The number of ketones is 1. The number of carbonyl (C=O) groups excluding carboxylic acids is 1. The van der Waals surface area contributed by atoms with Gasteiger partial charge in [-0.1, -0.05) is 74.7 Å². The molecule has 1 aliphatic carbocycles. The summed E-state index contributed by atoms with van der Waals surface area (Å²) >= 11 is 0. The monoisotopic (exact) mass is 246 g/mol. The molecule has 0 N–H and O–H groups in total. The Morgan fingerprint density at radius 1 is 0.706 bits per heavy atom. The lowest BCUT2D eigenvalue weighted by Crippen LogP contribution is -2.13. The van der Waals surface area contributed by atoms with Gasteiger partial charge in [0.05, 0.1) is 0 Å². The van der Waals surface area contributed by atoms with Crippen LogP contribution < -0.4 is 0 Å². The van der Waals surface area contributed by atoms with Gasteiger partial charge in [0.25, 0.3) is 0 Å². The minimum absolute atomic E-state index is 0.398. The van der Waals surface area contributed by atoms with Crippen LogP contribution in [-0.4, -0.2) is 5.78 Å². The van der Waals surface area contributed by atoms with E-state index >= 15 is 0 Å². The summed E-state index contributed by atoms with van der Waals surface area (Å²) in [5, 5.41) is 0. The fourth-order valence-electron chi connectivity index (χ4n) is 1.51. The molecular weight excluding hydrogens is 208 g/mol. The van der Waals surface area contributed by atoms with Crippen LogP contribution in [0.4, 0.5) is 0 Å². The van der Waals surface area contributed by atoms with Crippen LogP contribution in [0.3, 0.4) is 0 Å². The van der Waals surface area contributed by atoms with Gasteiger partial charge in [0.1, 0.15) is 5.78 Å². The van der Waals surface area contributed by atoms with Gasteiger partial charge in [0, 0.05) is 5.92 Å². The molecule has 0 atom stereocenters. The maximum Gasteiger partial charge on any atom is 0.132 e. The Kier molecular flexibility index (Phi) is 44.4. The highest BCUT2D eigenvalue weighted by molar-refractivity contribution is 5.78. The fourth-order valence-corrected chi connectivity index (χ4v) is 1.51. The summed E-state index contributed by atoms with van der Waals surface area (Å²) in [5.74, 6) is 0.813. The molecule has 0 bridgehead atoms. The zero-order chi connectivity index (χ0) is 14.7. The first-order chi connectivity index (χ1) is 8.30. The van der Waals surface area contributed by atoms with E-state index < -0.39 is 0 Å². The van der Waals surface area contributed by atoms with Crippen molar-refractivity contribution in [3.63, 3.8) is 0 Å². The molecule has 1 nitrogen and oxygen atoms in total. The zero-order valence-electron chi connectivity index (χ0n) is 14.0. The highest BCUT2D eigenvalue weighted by Crippen LogP contribution is 2.23. The van der Waals surface area contributed by atoms with E-state index in [4.69, 9.17) is 0 Å². The molecule has 0 aromatic heterocycles. The third kappa shape index (κ3) is 21.5. The van der Waals surface area contributed by atoms with Gasteiger partial charge in [0.2, 0.25) is 0 Å². The second kappa shape index (κ2) is 29.6. The molecule has 1 rings (SSSR count). The zero-order valence-corrected chi connectivity index (χ0v) is 14.0. The predicted octanol–water partition coefficient (Wildman–Crippen LogP) is 6.26. The van der Waals surface area contributed by atoms with Gasteiger partial charge >= 0.3 is 0 Å². The molecule has 1 fully saturated rings. The Morgan fingerprint density at radius 2 is 1.00 bits per heavy atom. The van der Waals surface area contributed by atoms with Crippen LogP contribution in [0.5, 0.6) is 0 Å². The number of carbonyl (C=O) groups is 1. The highest BCUT2D eigenvalue weighted by atomic mass is 16.1. The van der Waals surface area contributed by atoms with Gasteiger partial charge in [-0.3, -0.25) is 4.79 Å². The summed E-state index contributed by atoms with van der Waals surface area (Å²) < 4.78 is 0. The lowest BCUT2D eigenvalue weighted by molar-refractivity contribution is -0.121. The van der Waals surface area contributed by atoms with Crippen LogP contribution >= 0.6 is 0 Å². The van der Waals surface area contributed by atoms with Crippen molar-refractivity contribution in [2.45, 2.75) is 94.4 Å². The summed E-state index contributed by atoms with van der Waals surface area (Å²) in [5.41, 5.74) is 0. The fraction of sp³-hybridized carbons (Fsp3) is 0.938. The molecule has 17 heavy (non-hydrogen) atoms. The Balaban J connectivity index is -0.0000000905. The van der Waals surface area contributed by atoms with E-state index in [2.05, 4.69) is 0 Å². The van der Waals surface area contributed by atoms with Crippen LogP contribution in [0, 0.1) is 5.92 Å². The van der Waals surface area contributed by atoms with E-state index in [0.29, 0.717) is 11.7 Å². The van der Waals surface area contributed by atoms with Crippen molar-refractivity contribution in [2.24, 2.45) is 5.92 Å². The first kappa shape index (κ1) is 25.5. The van der Waals surface area contributed by atoms with E-state index in [-0.39, 0.29) is 0 Å². The van der Waals surface area contributed by atoms with Gasteiger partial charge in [-0.2, -0.15) is 0 Å². The number of hydrogen-bond acceptors (Lipinski definition) is 1. The maximum absolute atomic E-state index is 10.8. The summed E-state index contributed by atoms with van der Waals surface area (Å²) in [7, 11) is 0. The first-order valence-electron chi connectivity index (χ1n) is 7.81. The van der Waals surface area contributed by atoms with Crippen LogP contribution in [-0.2, 0) is 4.79 Å². The average Bonchev–Trinajstić information content (AvgIpc) is 2.48. The second-order valence-corrected chi connectivity index (χ2v) is 2.95. The minimum Gasteiger partial charge on any atom is -0.300 e. The van der Waals surface area contributed by atoms with Crippen molar-refractivity contribution in [1.29, 1.82) is 0 Å². The molecule has 1 saturated carbocycles. The van der Waals surface area contributed by atoms with Crippen LogP contribution in [0.1, 0.15) is 94.4 Å². The highest BCUT2D eigenvalue weighted by Gasteiger charge is 2.16. The molecule has 1 aliphatic rings. The normalized spacial score (nSPS) is 13.0. The molecule has 1 heteroatoms. The quantitative estimate of drug-likeness (QED) is 0.533. The number of hydrogen-bond donors (Lipinski definition) is 0. The number of rotatable bonds is 1. The molecule has 0 aromatic carbocycles. The number of Topliss-reactive ketones (excluding diaryl/α,β-unsaturated/α-hetero) is 1. The van der Waals surface area contributed by atoms with E-state index in [1.807, 2.05) is 55.4 Å². The van der Waals surface area contributed by atoms with Crippen molar-refractivity contribution in [3.8, 4) is 0 Å². The van der Waals surface area contributed by atoms with Gasteiger partial charge in [-0.15, -0.1) is 0 Å². The minimum atomic E-state index is 0.398. The molecule has 0 unspecified atom stereocenters. The molecule has 0 heterocycles. The summed E-state index contributed by atoms with van der Waals surface area (Å²) in [6.45, 7) is 17.7. The molecule has 0 amide bonds. The van der Waals surface area contributed by atoms with E-state index in [1.54, 1.807) is 6.92 Å². The Morgan fingerprint density at radius 3 is 1.18 bits per heavy atom. The Hall–Kier alpha value is -0.330. The lowest BCUT2D eigenvalue weighted by atomic mass is 9.87. The summed E-state index contributed by atoms with van der Waals surface area (Å²) in [4.78, 5) is 10.8. The molecule has 0 spiro atoms. The van der Waals surface area contributed by atoms with E-state index in [0.717, 1.165) is 12.8 Å². The topological polar surface area (TPSA) is 17.1 Å². The van der Waals surface area contributed by atoms with Crippen LogP contribution in [0.2, 0.25) is 0 Å². The lowest BCUT2D eigenvalue weighted by Gasteiger charge is -2.17. The summed E-state index contributed by atoms with van der Waals surface area (Å²) in [6, 6.07) is 0. The molecule has 108 valence electrons. The van der Waals surface area contributed by atoms with Crippen LogP contribution in [0.15, 0.2) is 0 Å². The smallest absolute Gasteiger partial charge is 0.132 e. The van der Waals surface area contributed by atoms with E-state index in [1.165, 1.54) is 19.3 Å². The third-order valence-electron chi connectivity index (χ3n) is 2.18.